The summed E-state index contributed by atoms with van der Waals surface area (Å²) in [7, 11) is 1.66. The Bertz CT molecular complexity index is 412. The van der Waals surface area contributed by atoms with Crippen LogP contribution in [0.4, 0.5) is 5.69 Å². The molecule has 0 aromatic heterocycles. The van der Waals surface area contributed by atoms with Gasteiger partial charge in [0.25, 0.3) is 0 Å². The van der Waals surface area contributed by atoms with Gasteiger partial charge in [-0.3, -0.25) is 0 Å². The first kappa shape index (κ1) is 11.0. The third-order valence-corrected chi connectivity index (χ3v) is 3.01. The van der Waals surface area contributed by atoms with Crippen molar-refractivity contribution in [3.8, 4) is 5.75 Å². The topological polar surface area (TPSA) is 61.3 Å². The summed E-state index contributed by atoms with van der Waals surface area (Å²) in [5.74, 6) is 0.837. The summed E-state index contributed by atoms with van der Waals surface area (Å²) in [5.41, 5.74) is 15.0. The smallest absolute Gasteiger partial charge is 0.119 e. The highest BCUT2D eigenvalue weighted by molar-refractivity contribution is 5.77. The fourth-order valence-electron chi connectivity index (χ4n) is 2.12. The van der Waals surface area contributed by atoms with Gasteiger partial charge in [-0.15, -0.1) is 0 Å². The normalized spacial score (nSPS) is 20.4. The van der Waals surface area contributed by atoms with Crippen LogP contribution in [0.25, 0.3) is 5.57 Å². The Morgan fingerprint density at radius 2 is 2.19 bits per heavy atom. The van der Waals surface area contributed by atoms with E-state index in [4.69, 9.17) is 16.2 Å². The maximum atomic E-state index is 5.98. The Morgan fingerprint density at radius 1 is 1.38 bits per heavy atom. The minimum atomic E-state index is 0.161. The number of hydrogen-bond acceptors (Lipinski definition) is 3. The van der Waals surface area contributed by atoms with Gasteiger partial charge in [0.1, 0.15) is 5.75 Å². The summed E-state index contributed by atoms with van der Waals surface area (Å²) in [4.78, 5) is 0. The molecular weight excluding hydrogens is 200 g/mol. The summed E-state index contributed by atoms with van der Waals surface area (Å²) in [5, 5.41) is 0. The number of hydrogen-bond donors (Lipinski definition) is 2. The van der Waals surface area contributed by atoms with Crippen LogP contribution in [-0.4, -0.2) is 13.2 Å². The molecule has 0 heterocycles. The van der Waals surface area contributed by atoms with Crippen LogP contribution in [0.1, 0.15) is 24.8 Å². The van der Waals surface area contributed by atoms with Gasteiger partial charge in [0.15, 0.2) is 0 Å². The molecule has 3 nitrogen and oxygen atoms in total. The van der Waals surface area contributed by atoms with Crippen LogP contribution in [0.2, 0.25) is 0 Å². The summed E-state index contributed by atoms with van der Waals surface area (Å²) < 4.78 is 5.21. The molecule has 1 unspecified atom stereocenters. The van der Waals surface area contributed by atoms with Crippen molar-refractivity contribution in [3.63, 3.8) is 0 Å². The first-order valence-electron chi connectivity index (χ1n) is 5.61. The molecule has 1 aliphatic rings. The van der Waals surface area contributed by atoms with E-state index in [0.717, 1.165) is 36.3 Å². The molecule has 0 spiro atoms. The zero-order chi connectivity index (χ0) is 11.5. The van der Waals surface area contributed by atoms with E-state index in [9.17, 15) is 0 Å². The molecule has 4 N–H and O–H groups in total. The van der Waals surface area contributed by atoms with Gasteiger partial charge in [0.2, 0.25) is 0 Å². The van der Waals surface area contributed by atoms with Crippen LogP contribution >= 0.6 is 0 Å². The van der Waals surface area contributed by atoms with Gasteiger partial charge >= 0.3 is 0 Å². The largest absolute Gasteiger partial charge is 0.497 e. The molecule has 0 aliphatic heterocycles. The highest BCUT2D eigenvalue weighted by atomic mass is 16.5. The third-order valence-electron chi connectivity index (χ3n) is 3.01. The van der Waals surface area contributed by atoms with E-state index in [0.29, 0.717) is 0 Å². The Balaban J connectivity index is 2.38. The number of benzene rings is 1. The molecule has 0 bridgehead atoms. The Morgan fingerprint density at radius 3 is 2.88 bits per heavy atom. The Labute approximate surface area is 96.1 Å². The second-order valence-corrected chi connectivity index (χ2v) is 4.20. The first-order valence-corrected chi connectivity index (χ1v) is 5.61. The number of nitrogens with two attached hydrogens (primary N) is 2. The van der Waals surface area contributed by atoms with Crippen molar-refractivity contribution in [2.45, 2.75) is 25.3 Å². The lowest BCUT2D eigenvalue weighted by Crippen LogP contribution is -2.20. The van der Waals surface area contributed by atoms with Crippen molar-refractivity contribution in [2.24, 2.45) is 5.73 Å². The number of rotatable bonds is 2. The molecule has 86 valence electrons. The number of nitrogen functional groups attached to an aromatic ring is 1. The SMILES string of the molecule is COc1ccc(N)c(C2=CC(N)CCC2)c1. The number of allylic oxidation sites excluding steroid dienone is 1. The second kappa shape index (κ2) is 4.58. The van der Waals surface area contributed by atoms with E-state index in [1.54, 1.807) is 7.11 Å². The molecule has 0 radical (unpaired) electrons. The summed E-state index contributed by atoms with van der Waals surface area (Å²) in [6.45, 7) is 0. The minimum Gasteiger partial charge on any atom is -0.497 e. The molecule has 1 aromatic carbocycles. The molecule has 0 saturated carbocycles. The molecule has 0 amide bonds. The van der Waals surface area contributed by atoms with Crippen molar-refractivity contribution in [3.05, 3.63) is 29.8 Å². The highest BCUT2D eigenvalue weighted by Crippen LogP contribution is 2.32. The lowest BCUT2D eigenvalue weighted by Gasteiger charge is -2.19. The maximum Gasteiger partial charge on any atom is 0.119 e. The van der Waals surface area contributed by atoms with E-state index in [2.05, 4.69) is 6.08 Å². The number of ether oxygens (including phenoxy) is 1. The molecular formula is C13H18N2O. The number of methoxy groups -OCH3 is 1. The quantitative estimate of drug-likeness (QED) is 0.748. The van der Waals surface area contributed by atoms with Gasteiger partial charge < -0.3 is 16.2 Å². The van der Waals surface area contributed by atoms with Crippen LogP contribution in [0, 0.1) is 0 Å². The molecule has 1 aromatic rings. The fourth-order valence-corrected chi connectivity index (χ4v) is 2.12. The summed E-state index contributed by atoms with van der Waals surface area (Å²) in [6, 6.07) is 5.91. The van der Waals surface area contributed by atoms with Crippen LogP contribution in [0.15, 0.2) is 24.3 Å². The molecule has 1 aliphatic carbocycles. The van der Waals surface area contributed by atoms with E-state index < -0.39 is 0 Å². The van der Waals surface area contributed by atoms with Gasteiger partial charge in [0.05, 0.1) is 7.11 Å². The van der Waals surface area contributed by atoms with Crippen LogP contribution in [0.5, 0.6) is 5.75 Å². The van der Waals surface area contributed by atoms with Crippen molar-refractivity contribution in [1.29, 1.82) is 0 Å². The van der Waals surface area contributed by atoms with Crippen LogP contribution < -0.4 is 16.2 Å². The highest BCUT2D eigenvalue weighted by Gasteiger charge is 2.13. The van der Waals surface area contributed by atoms with Gasteiger partial charge in [-0.1, -0.05) is 6.08 Å². The molecule has 16 heavy (non-hydrogen) atoms. The van der Waals surface area contributed by atoms with Gasteiger partial charge in [-0.25, -0.2) is 0 Å². The number of anilines is 1. The maximum absolute atomic E-state index is 5.98. The Kier molecular flexibility index (Phi) is 3.15. The van der Waals surface area contributed by atoms with Gasteiger partial charge in [-0.2, -0.15) is 0 Å². The zero-order valence-corrected chi connectivity index (χ0v) is 9.57. The van der Waals surface area contributed by atoms with Crippen LogP contribution in [0.3, 0.4) is 0 Å². The van der Waals surface area contributed by atoms with Crippen molar-refractivity contribution in [2.75, 3.05) is 12.8 Å². The summed E-state index contributed by atoms with van der Waals surface area (Å²) >= 11 is 0. The predicted octanol–water partition coefficient (Wildman–Crippen LogP) is 2.17. The van der Waals surface area contributed by atoms with Gasteiger partial charge in [-0.05, 0) is 43.0 Å². The molecule has 3 heteroatoms. The molecule has 2 rings (SSSR count). The van der Waals surface area contributed by atoms with Crippen LogP contribution in [-0.2, 0) is 0 Å². The fraction of sp³-hybridized carbons (Fsp3) is 0.385. The molecule has 0 fully saturated rings. The summed E-state index contributed by atoms with van der Waals surface area (Å²) in [6.07, 6.45) is 5.36. The molecule has 1 atom stereocenters. The Hall–Kier alpha value is -1.48. The lowest BCUT2D eigenvalue weighted by molar-refractivity contribution is 0.414. The lowest BCUT2D eigenvalue weighted by atomic mass is 9.90. The van der Waals surface area contributed by atoms with E-state index in [-0.39, 0.29) is 6.04 Å². The van der Waals surface area contributed by atoms with E-state index >= 15 is 0 Å². The van der Waals surface area contributed by atoms with Crippen molar-refractivity contribution in [1.82, 2.24) is 0 Å². The molecule has 0 saturated heterocycles. The average molecular weight is 218 g/mol. The third kappa shape index (κ3) is 2.19. The van der Waals surface area contributed by atoms with Gasteiger partial charge in [0, 0.05) is 17.3 Å². The second-order valence-electron chi connectivity index (χ2n) is 4.20. The zero-order valence-electron chi connectivity index (χ0n) is 9.57. The van der Waals surface area contributed by atoms with Crippen molar-refractivity contribution < 1.29 is 4.74 Å². The first-order chi connectivity index (χ1) is 7.70. The average Bonchev–Trinajstić information content (AvgIpc) is 2.30. The minimum absolute atomic E-state index is 0.161. The van der Waals surface area contributed by atoms with E-state index in [1.807, 2.05) is 18.2 Å². The predicted molar refractivity (Wildman–Crippen MR) is 67.2 cm³/mol. The van der Waals surface area contributed by atoms with E-state index in [1.165, 1.54) is 5.57 Å². The standard InChI is InChI=1S/C13H18N2O/c1-16-11-5-6-13(15)12(8-11)9-3-2-4-10(14)7-9/h5-8,10H,2-4,14-15H2,1H3. The monoisotopic (exact) mass is 218 g/mol. The van der Waals surface area contributed by atoms with Crippen molar-refractivity contribution >= 4 is 11.3 Å².